The number of halogens is 1. The minimum Gasteiger partial charge on any atom is -0.469 e. The Hall–Kier alpha value is -1.29. The Bertz CT molecular complexity index is 454. The lowest BCUT2D eigenvalue weighted by atomic mass is 10.3. The lowest BCUT2D eigenvalue weighted by Gasteiger charge is -2.07. The Morgan fingerprint density at radius 3 is 3.06 bits per heavy atom. The first-order valence-corrected chi connectivity index (χ1v) is 5.94. The summed E-state index contributed by atoms with van der Waals surface area (Å²) < 4.78 is 6.28. The van der Waals surface area contributed by atoms with Crippen LogP contribution in [-0.2, 0) is 6.42 Å². The van der Waals surface area contributed by atoms with E-state index in [4.69, 9.17) is 4.42 Å². The Labute approximate surface area is 103 Å². The van der Waals surface area contributed by atoms with Gasteiger partial charge in [-0.1, -0.05) is 0 Å². The number of nitrogens with zero attached hydrogens (tertiary/aromatic N) is 1. The van der Waals surface area contributed by atoms with Crippen molar-refractivity contribution < 1.29 is 4.42 Å². The summed E-state index contributed by atoms with van der Waals surface area (Å²) in [7, 11) is 0. The van der Waals surface area contributed by atoms with Gasteiger partial charge in [0, 0.05) is 19.2 Å². The SMILES string of the molecule is Cc1ccnc(NCCc2ccco2)c1Br. The quantitative estimate of drug-likeness (QED) is 0.933. The normalized spacial score (nSPS) is 10.4. The van der Waals surface area contributed by atoms with Crippen molar-refractivity contribution in [3.8, 4) is 0 Å². The van der Waals surface area contributed by atoms with Crippen molar-refractivity contribution in [3.05, 3.63) is 46.5 Å². The number of rotatable bonds is 4. The predicted molar refractivity (Wildman–Crippen MR) is 67.6 cm³/mol. The molecule has 0 aliphatic heterocycles. The van der Waals surface area contributed by atoms with Gasteiger partial charge in [-0.2, -0.15) is 0 Å². The molecule has 0 saturated carbocycles. The maximum absolute atomic E-state index is 5.25. The van der Waals surface area contributed by atoms with Gasteiger partial charge in [-0.05, 0) is 46.6 Å². The molecule has 0 fully saturated rings. The molecule has 0 atom stereocenters. The molecule has 0 amide bonds. The molecule has 0 aliphatic carbocycles. The van der Waals surface area contributed by atoms with Crippen LogP contribution in [0.1, 0.15) is 11.3 Å². The van der Waals surface area contributed by atoms with E-state index in [1.54, 1.807) is 12.5 Å². The summed E-state index contributed by atoms with van der Waals surface area (Å²) in [5, 5.41) is 3.27. The van der Waals surface area contributed by atoms with Gasteiger partial charge < -0.3 is 9.73 Å². The third-order valence-corrected chi connectivity index (χ3v) is 3.33. The van der Waals surface area contributed by atoms with Crippen LogP contribution in [0.15, 0.2) is 39.5 Å². The maximum Gasteiger partial charge on any atom is 0.140 e. The molecule has 84 valence electrons. The van der Waals surface area contributed by atoms with Gasteiger partial charge in [-0.3, -0.25) is 0 Å². The molecule has 0 bridgehead atoms. The van der Waals surface area contributed by atoms with E-state index in [1.165, 1.54) is 5.56 Å². The lowest BCUT2D eigenvalue weighted by Crippen LogP contribution is -2.06. The Balaban J connectivity index is 1.92. The highest BCUT2D eigenvalue weighted by Crippen LogP contribution is 2.23. The number of anilines is 1. The van der Waals surface area contributed by atoms with E-state index in [2.05, 4.69) is 26.2 Å². The predicted octanol–water partition coefficient (Wildman–Crippen LogP) is 3.40. The highest BCUT2D eigenvalue weighted by Gasteiger charge is 2.03. The topological polar surface area (TPSA) is 38.1 Å². The fourth-order valence-electron chi connectivity index (χ4n) is 1.42. The molecular weight excluding hydrogens is 268 g/mol. The van der Waals surface area contributed by atoms with Crippen molar-refractivity contribution in [2.24, 2.45) is 0 Å². The van der Waals surface area contributed by atoms with Gasteiger partial charge in [-0.25, -0.2) is 4.98 Å². The molecular formula is C12H13BrN2O. The first kappa shape index (κ1) is 11.2. The van der Waals surface area contributed by atoms with E-state index in [0.29, 0.717) is 0 Å². The molecule has 0 spiro atoms. The van der Waals surface area contributed by atoms with Crippen LogP contribution < -0.4 is 5.32 Å². The molecule has 2 aromatic rings. The summed E-state index contributed by atoms with van der Waals surface area (Å²) in [5.74, 6) is 1.86. The van der Waals surface area contributed by atoms with E-state index in [0.717, 1.165) is 29.0 Å². The summed E-state index contributed by atoms with van der Waals surface area (Å²) in [4.78, 5) is 4.27. The smallest absolute Gasteiger partial charge is 0.140 e. The van der Waals surface area contributed by atoms with E-state index >= 15 is 0 Å². The minimum absolute atomic E-state index is 0.808. The summed E-state index contributed by atoms with van der Waals surface area (Å²) >= 11 is 3.51. The molecule has 2 heterocycles. The zero-order chi connectivity index (χ0) is 11.4. The minimum atomic E-state index is 0.808. The Morgan fingerprint density at radius 1 is 1.44 bits per heavy atom. The third-order valence-electron chi connectivity index (χ3n) is 2.33. The lowest BCUT2D eigenvalue weighted by molar-refractivity contribution is 0.513. The number of hydrogen-bond donors (Lipinski definition) is 1. The van der Waals surface area contributed by atoms with Gasteiger partial charge in [0.2, 0.25) is 0 Å². The zero-order valence-electron chi connectivity index (χ0n) is 9.03. The van der Waals surface area contributed by atoms with Crippen molar-refractivity contribution in [3.63, 3.8) is 0 Å². The molecule has 16 heavy (non-hydrogen) atoms. The van der Waals surface area contributed by atoms with Crippen LogP contribution in [0.25, 0.3) is 0 Å². The van der Waals surface area contributed by atoms with E-state index in [9.17, 15) is 0 Å². The second-order valence-corrected chi connectivity index (χ2v) is 4.34. The summed E-state index contributed by atoms with van der Waals surface area (Å²) in [6.45, 7) is 2.85. The highest BCUT2D eigenvalue weighted by atomic mass is 79.9. The van der Waals surface area contributed by atoms with Crippen LogP contribution in [-0.4, -0.2) is 11.5 Å². The molecule has 0 aromatic carbocycles. The van der Waals surface area contributed by atoms with Gasteiger partial charge in [0.1, 0.15) is 11.6 Å². The number of aromatic nitrogens is 1. The molecule has 3 nitrogen and oxygen atoms in total. The van der Waals surface area contributed by atoms with Gasteiger partial charge in [0.05, 0.1) is 10.7 Å². The standard InChI is InChI=1S/C12H13BrN2O/c1-9-4-6-14-12(11(9)13)15-7-5-10-3-2-8-16-10/h2-4,6,8H,5,7H2,1H3,(H,14,15). The average Bonchev–Trinajstić information content (AvgIpc) is 2.77. The molecule has 0 unspecified atom stereocenters. The number of pyridine rings is 1. The second-order valence-electron chi connectivity index (χ2n) is 3.55. The van der Waals surface area contributed by atoms with Crippen LogP contribution >= 0.6 is 15.9 Å². The Kier molecular flexibility index (Phi) is 3.62. The van der Waals surface area contributed by atoms with Crippen LogP contribution in [0.4, 0.5) is 5.82 Å². The molecule has 0 saturated heterocycles. The van der Waals surface area contributed by atoms with Crippen LogP contribution in [0.2, 0.25) is 0 Å². The molecule has 2 aromatic heterocycles. The molecule has 1 N–H and O–H groups in total. The highest BCUT2D eigenvalue weighted by molar-refractivity contribution is 9.10. The largest absolute Gasteiger partial charge is 0.469 e. The Morgan fingerprint density at radius 2 is 2.31 bits per heavy atom. The number of furan rings is 1. The zero-order valence-corrected chi connectivity index (χ0v) is 10.6. The number of hydrogen-bond acceptors (Lipinski definition) is 3. The molecule has 0 radical (unpaired) electrons. The first-order valence-electron chi connectivity index (χ1n) is 5.15. The van der Waals surface area contributed by atoms with Crippen molar-refractivity contribution in [2.45, 2.75) is 13.3 Å². The van der Waals surface area contributed by atoms with E-state index < -0.39 is 0 Å². The summed E-state index contributed by atoms with van der Waals surface area (Å²) in [6.07, 6.45) is 4.35. The fourth-order valence-corrected chi connectivity index (χ4v) is 1.80. The summed E-state index contributed by atoms with van der Waals surface area (Å²) in [5.41, 5.74) is 1.18. The fraction of sp³-hybridized carbons (Fsp3) is 0.250. The second kappa shape index (κ2) is 5.16. The van der Waals surface area contributed by atoms with Gasteiger partial charge >= 0.3 is 0 Å². The average molecular weight is 281 g/mol. The maximum atomic E-state index is 5.25. The molecule has 4 heteroatoms. The van der Waals surface area contributed by atoms with Gasteiger partial charge in [-0.15, -0.1) is 0 Å². The van der Waals surface area contributed by atoms with Gasteiger partial charge in [0.15, 0.2) is 0 Å². The van der Waals surface area contributed by atoms with Crippen LogP contribution in [0.3, 0.4) is 0 Å². The van der Waals surface area contributed by atoms with E-state index in [1.807, 2.05) is 25.1 Å². The summed E-state index contributed by atoms with van der Waals surface area (Å²) in [6, 6.07) is 5.85. The number of aryl methyl sites for hydroxylation is 1. The molecule has 2 rings (SSSR count). The van der Waals surface area contributed by atoms with Crippen LogP contribution in [0.5, 0.6) is 0 Å². The monoisotopic (exact) mass is 280 g/mol. The van der Waals surface area contributed by atoms with Crippen molar-refractivity contribution in [1.82, 2.24) is 4.98 Å². The van der Waals surface area contributed by atoms with Crippen molar-refractivity contribution in [1.29, 1.82) is 0 Å². The first-order chi connectivity index (χ1) is 7.77. The van der Waals surface area contributed by atoms with Crippen molar-refractivity contribution >= 4 is 21.7 Å². The molecule has 0 aliphatic rings. The van der Waals surface area contributed by atoms with Crippen molar-refractivity contribution in [2.75, 3.05) is 11.9 Å². The third kappa shape index (κ3) is 2.64. The van der Waals surface area contributed by atoms with Gasteiger partial charge in [0.25, 0.3) is 0 Å². The van der Waals surface area contributed by atoms with E-state index in [-0.39, 0.29) is 0 Å². The van der Waals surface area contributed by atoms with Crippen LogP contribution in [0, 0.1) is 6.92 Å². The number of nitrogens with one attached hydrogen (secondary N) is 1.